The highest BCUT2D eigenvalue weighted by Gasteiger charge is 2.33. The molecule has 0 bridgehead atoms. The number of hydrogen-bond acceptors (Lipinski definition) is 7. The van der Waals surface area contributed by atoms with Crippen molar-refractivity contribution in [1.82, 2.24) is 14.4 Å². The highest BCUT2D eigenvalue weighted by atomic mass is 32.2. The van der Waals surface area contributed by atoms with Crippen LogP contribution in [0.15, 0.2) is 40.0 Å². The number of carbonyl (C=O) groups is 1. The van der Waals surface area contributed by atoms with Gasteiger partial charge < -0.3 is 9.80 Å². The summed E-state index contributed by atoms with van der Waals surface area (Å²) in [6, 6.07) is 12.2. The van der Waals surface area contributed by atoms with Crippen LogP contribution in [0.1, 0.15) is 48.9 Å². The third-order valence-corrected chi connectivity index (χ3v) is 8.69. The van der Waals surface area contributed by atoms with Crippen LogP contribution in [0.3, 0.4) is 0 Å². The number of pyridine rings is 1. The summed E-state index contributed by atoms with van der Waals surface area (Å²) in [5.74, 6) is 0.687. The molecule has 1 aromatic heterocycles. The van der Waals surface area contributed by atoms with E-state index in [2.05, 4.69) is 29.7 Å². The number of nitriles is 1. The average Bonchev–Trinajstić information content (AvgIpc) is 3.20. The average molecular weight is 550 g/mol. The second-order valence-corrected chi connectivity index (χ2v) is 11.3. The van der Waals surface area contributed by atoms with E-state index >= 15 is 0 Å². The quantitative estimate of drug-likeness (QED) is 0.339. The van der Waals surface area contributed by atoms with Gasteiger partial charge in [-0.05, 0) is 43.5 Å². The number of aromatic nitrogens is 1. The van der Waals surface area contributed by atoms with Gasteiger partial charge in [0.25, 0.3) is 11.5 Å². The summed E-state index contributed by atoms with van der Waals surface area (Å²) in [7, 11) is 0. The van der Waals surface area contributed by atoms with Crippen molar-refractivity contribution in [3.05, 3.63) is 67.8 Å². The molecular formula is C29H35N5O2S2. The van der Waals surface area contributed by atoms with Crippen molar-refractivity contribution in [3.8, 4) is 6.07 Å². The summed E-state index contributed by atoms with van der Waals surface area (Å²) in [4.78, 5) is 33.8. The first-order valence-electron chi connectivity index (χ1n) is 13.3. The van der Waals surface area contributed by atoms with Gasteiger partial charge in [-0.25, -0.2) is 0 Å². The van der Waals surface area contributed by atoms with Crippen LogP contribution in [0.2, 0.25) is 0 Å². The van der Waals surface area contributed by atoms with E-state index < -0.39 is 0 Å². The second-order valence-electron chi connectivity index (χ2n) is 9.65. The minimum atomic E-state index is -0.251. The zero-order chi connectivity index (χ0) is 27.2. The molecule has 38 heavy (non-hydrogen) atoms. The Morgan fingerprint density at radius 2 is 1.79 bits per heavy atom. The molecule has 0 unspecified atom stereocenters. The molecule has 2 fully saturated rings. The van der Waals surface area contributed by atoms with Crippen LogP contribution < -0.4 is 10.5 Å². The van der Waals surface area contributed by atoms with Crippen LogP contribution in [0, 0.1) is 18.3 Å². The van der Waals surface area contributed by atoms with Crippen molar-refractivity contribution in [1.29, 1.82) is 5.26 Å². The number of carbonyl (C=O) groups excluding carboxylic acids is 1. The number of unbranched alkanes of at least 4 members (excludes halogenated alkanes) is 1. The van der Waals surface area contributed by atoms with Crippen LogP contribution >= 0.6 is 24.0 Å². The molecule has 0 aliphatic carbocycles. The smallest absolute Gasteiger partial charge is 0.270 e. The van der Waals surface area contributed by atoms with E-state index in [-0.39, 0.29) is 17.0 Å². The Morgan fingerprint density at radius 3 is 2.42 bits per heavy atom. The third-order valence-electron chi connectivity index (χ3n) is 7.32. The Labute approximate surface area is 234 Å². The molecule has 2 aromatic rings. The molecular weight excluding hydrogens is 514 g/mol. The number of anilines is 1. The molecule has 9 heteroatoms. The number of amides is 1. The van der Waals surface area contributed by atoms with E-state index in [4.69, 9.17) is 12.2 Å². The van der Waals surface area contributed by atoms with E-state index in [0.717, 1.165) is 62.5 Å². The van der Waals surface area contributed by atoms with E-state index in [1.54, 1.807) is 9.47 Å². The van der Waals surface area contributed by atoms with Crippen LogP contribution in [-0.2, 0) is 17.8 Å². The summed E-state index contributed by atoms with van der Waals surface area (Å²) in [6.45, 7) is 11.5. The maximum atomic E-state index is 13.5. The zero-order valence-electron chi connectivity index (χ0n) is 22.4. The van der Waals surface area contributed by atoms with Gasteiger partial charge in [0.1, 0.15) is 21.8 Å². The standard InChI is InChI=1S/C29H35N5O2S2/c1-4-6-13-33-26(32-17-15-31(5-2)16-18-32)23(21(3)24(20-30)27(33)35)19-25-28(36)34(29(37)38-25)14-12-22-10-8-7-9-11-22/h7-11,19H,4-6,12-18H2,1-3H3/b25-19-. The van der Waals surface area contributed by atoms with Crippen molar-refractivity contribution in [3.63, 3.8) is 0 Å². The number of piperazine rings is 1. The van der Waals surface area contributed by atoms with Gasteiger partial charge in [0.05, 0.1) is 4.91 Å². The van der Waals surface area contributed by atoms with E-state index in [0.29, 0.717) is 34.3 Å². The van der Waals surface area contributed by atoms with Crippen LogP contribution in [0.5, 0.6) is 0 Å². The number of thiocarbonyl (C=S) groups is 1. The first-order chi connectivity index (χ1) is 18.4. The lowest BCUT2D eigenvalue weighted by Crippen LogP contribution is -2.48. The lowest BCUT2D eigenvalue weighted by atomic mass is 10.0. The number of rotatable bonds is 9. The fourth-order valence-corrected chi connectivity index (χ4v) is 6.28. The molecule has 2 aliphatic heterocycles. The topological polar surface area (TPSA) is 72.6 Å². The highest BCUT2D eigenvalue weighted by Crippen LogP contribution is 2.36. The molecule has 0 N–H and O–H groups in total. The van der Waals surface area contributed by atoms with E-state index in [1.807, 2.05) is 43.3 Å². The zero-order valence-corrected chi connectivity index (χ0v) is 24.0. The first kappa shape index (κ1) is 28.1. The minimum absolute atomic E-state index is 0.123. The number of benzene rings is 1. The van der Waals surface area contributed by atoms with Crippen molar-refractivity contribution in [2.24, 2.45) is 0 Å². The lowest BCUT2D eigenvalue weighted by molar-refractivity contribution is -0.122. The number of hydrogen-bond donors (Lipinski definition) is 0. The van der Waals surface area contributed by atoms with Crippen LogP contribution in [-0.4, -0.2) is 63.9 Å². The Morgan fingerprint density at radius 1 is 1.08 bits per heavy atom. The summed E-state index contributed by atoms with van der Waals surface area (Å²) < 4.78 is 2.30. The van der Waals surface area contributed by atoms with Crippen molar-refractivity contribution in [2.75, 3.05) is 44.2 Å². The fourth-order valence-electron chi connectivity index (χ4n) is 4.99. The normalized spacial score (nSPS) is 17.5. The van der Waals surface area contributed by atoms with Gasteiger partial charge in [-0.3, -0.25) is 19.1 Å². The first-order valence-corrected chi connectivity index (χ1v) is 14.6. The molecule has 200 valence electrons. The molecule has 0 radical (unpaired) electrons. The molecule has 0 atom stereocenters. The monoisotopic (exact) mass is 549 g/mol. The lowest BCUT2D eigenvalue weighted by Gasteiger charge is -2.37. The molecule has 1 amide bonds. The van der Waals surface area contributed by atoms with Crippen molar-refractivity contribution < 1.29 is 4.79 Å². The SMILES string of the molecule is CCCCn1c(N2CCN(CC)CC2)c(/C=C2\SC(=S)N(CCc3ccccc3)C2=O)c(C)c(C#N)c1=O. The van der Waals surface area contributed by atoms with Gasteiger partial charge >= 0.3 is 0 Å². The highest BCUT2D eigenvalue weighted by molar-refractivity contribution is 8.26. The van der Waals surface area contributed by atoms with Gasteiger partial charge in [0.2, 0.25) is 0 Å². The number of thioether (sulfide) groups is 1. The Hall–Kier alpha value is -2.93. The number of likely N-dealkylation sites (N-methyl/N-ethyl adjacent to an activating group) is 1. The minimum Gasteiger partial charge on any atom is -0.355 e. The summed E-state index contributed by atoms with van der Waals surface area (Å²) >= 11 is 6.89. The third kappa shape index (κ3) is 5.88. The van der Waals surface area contributed by atoms with Gasteiger partial charge in [0, 0.05) is 44.8 Å². The summed E-state index contributed by atoms with van der Waals surface area (Å²) in [6.07, 6.45) is 4.34. The fraction of sp³-hybridized carbons (Fsp3) is 0.448. The summed E-state index contributed by atoms with van der Waals surface area (Å²) in [5, 5.41) is 9.91. The Bertz CT molecular complexity index is 1320. The predicted molar refractivity (Wildman–Crippen MR) is 159 cm³/mol. The maximum Gasteiger partial charge on any atom is 0.270 e. The van der Waals surface area contributed by atoms with Crippen LogP contribution in [0.4, 0.5) is 5.82 Å². The molecule has 4 rings (SSSR count). The molecule has 3 heterocycles. The van der Waals surface area contributed by atoms with Crippen LogP contribution in [0.25, 0.3) is 6.08 Å². The van der Waals surface area contributed by atoms with Gasteiger partial charge in [-0.15, -0.1) is 0 Å². The molecule has 2 aliphatic rings. The van der Waals surface area contributed by atoms with Gasteiger partial charge in [-0.2, -0.15) is 5.26 Å². The molecule has 7 nitrogen and oxygen atoms in total. The van der Waals surface area contributed by atoms with E-state index in [1.165, 1.54) is 11.8 Å². The van der Waals surface area contributed by atoms with Crippen molar-refractivity contribution >= 4 is 46.1 Å². The molecule has 0 saturated carbocycles. The second kappa shape index (κ2) is 12.7. The Kier molecular flexibility index (Phi) is 9.42. The molecule has 2 saturated heterocycles. The number of nitrogens with zero attached hydrogens (tertiary/aromatic N) is 5. The maximum absolute atomic E-state index is 13.5. The molecule has 1 aromatic carbocycles. The largest absolute Gasteiger partial charge is 0.355 e. The summed E-state index contributed by atoms with van der Waals surface area (Å²) in [5.41, 5.74) is 2.43. The molecule has 0 spiro atoms. The van der Waals surface area contributed by atoms with E-state index in [9.17, 15) is 14.9 Å². The van der Waals surface area contributed by atoms with Crippen molar-refractivity contribution in [2.45, 2.75) is 46.6 Å². The van der Waals surface area contributed by atoms with Gasteiger partial charge in [-0.1, -0.05) is 74.6 Å². The predicted octanol–water partition coefficient (Wildman–Crippen LogP) is 4.41. The van der Waals surface area contributed by atoms with Gasteiger partial charge in [0.15, 0.2) is 0 Å². The Balaban J connectivity index is 1.75.